The Bertz CT molecular complexity index is 298. The maximum atomic E-state index is 11.8. The third-order valence-electron chi connectivity index (χ3n) is 4.05. The molecule has 0 aromatic carbocycles. The summed E-state index contributed by atoms with van der Waals surface area (Å²) < 4.78 is 0. The Morgan fingerprint density at radius 1 is 1.29 bits per heavy atom. The van der Waals surface area contributed by atoms with Gasteiger partial charge in [-0.3, -0.25) is 9.59 Å². The summed E-state index contributed by atoms with van der Waals surface area (Å²) in [5.74, 6) is 0.860. The van der Waals surface area contributed by atoms with E-state index in [4.69, 9.17) is 0 Å². The molecule has 1 N–H and O–H groups in total. The van der Waals surface area contributed by atoms with Crippen LogP contribution in [-0.2, 0) is 9.59 Å². The fourth-order valence-corrected chi connectivity index (χ4v) is 3.00. The lowest BCUT2D eigenvalue weighted by atomic mass is 10.0. The largest absolute Gasteiger partial charge is 0.345 e. The van der Waals surface area contributed by atoms with Gasteiger partial charge in [0, 0.05) is 6.54 Å². The highest BCUT2D eigenvalue weighted by Crippen LogP contribution is 2.28. The molecule has 0 bridgehead atoms. The standard InChI is InChI=1S/C13H22N2O2/c1-2-11-13(17)14-9-12(16)15(11)8-7-10-5-3-4-6-10/h10-11H,2-9H2,1H3,(H,14,17). The van der Waals surface area contributed by atoms with E-state index in [1.807, 2.05) is 6.92 Å². The first-order chi connectivity index (χ1) is 8.22. The average molecular weight is 238 g/mol. The van der Waals surface area contributed by atoms with Crippen molar-refractivity contribution in [3.05, 3.63) is 0 Å². The van der Waals surface area contributed by atoms with Crippen LogP contribution in [0.25, 0.3) is 0 Å². The SMILES string of the molecule is CCC1C(=O)NCC(=O)N1CCC1CCCC1. The lowest BCUT2D eigenvalue weighted by molar-refractivity contribution is -0.145. The van der Waals surface area contributed by atoms with Crippen molar-refractivity contribution >= 4 is 11.8 Å². The van der Waals surface area contributed by atoms with E-state index < -0.39 is 0 Å². The normalized spacial score (nSPS) is 26.4. The Kier molecular flexibility index (Phi) is 4.02. The van der Waals surface area contributed by atoms with E-state index in [1.165, 1.54) is 25.7 Å². The molecule has 0 spiro atoms. The fourth-order valence-electron chi connectivity index (χ4n) is 3.00. The third-order valence-corrected chi connectivity index (χ3v) is 4.05. The van der Waals surface area contributed by atoms with Gasteiger partial charge in [-0.15, -0.1) is 0 Å². The molecule has 96 valence electrons. The zero-order valence-corrected chi connectivity index (χ0v) is 10.6. The summed E-state index contributed by atoms with van der Waals surface area (Å²) in [5, 5.41) is 2.66. The first-order valence-electron chi connectivity index (χ1n) is 6.79. The van der Waals surface area contributed by atoms with Gasteiger partial charge in [-0.05, 0) is 18.8 Å². The molecule has 17 heavy (non-hydrogen) atoms. The van der Waals surface area contributed by atoms with E-state index in [-0.39, 0.29) is 24.4 Å². The molecule has 1 saturated heterocycles. The molecule has 1 aliphatic heterocycles. The van der Waals surface area contributed by atoms with E-state index in [9.17, 15) is 9.59 Å². The second-order valence-electron chi connectivity index (χ2n) is 5.17. The van der Waals surface area contributed by atoms with Crippen molar-refractivity contribution in [1.82, 2.24) is 10.2 Å². The van der Waals surface area contributed by atoms with Crippen molar-refractivity contribution in [3.8, 4) is 0 Å². The minimum Gasteiger partial charge on any atom is -0.345 e. The summed E-state index contributed by atoms with van der Waals surface area (Å²) in [6.07, 6.45) is 7.03. The molecule has 2 aliphatic rings. The first-order valence-corrected chi connectivity index (χ1v) is 6.79. The molecule has 2 rings (SSSR count). The highest BCUT2D eigenvalue weighted by molar-refractivity contribution is 5.94. The van der Waals surface area contributed by atoms with Gasteiger partial charge in [-0.1, -0.05) is 32.6 Å². The molecule has 2 amide bonds. The van der Waals surface area contributed by atoms with Gasteiger partial charge in [0.2, 0.25) is 11.8 Å². The highest BCUT2D eigenvalue weighted by atomic mass is 16.2. The Morgan fingerprint density at radius 3 is 2.65 bits per heavy atom. The molecule has 4 heteroatoms. The number of hydrogen-bond acceptors (Lipinski definition) is 2. The van der Waals surface area contributed by atoms with Gasteiger partial charge in [-0.25, -0.2) is 0 Å². The summed E-state index contributed by atoms with van der Waals surface area (Å²) in [7, 11) is 0. The zero-order chi connectivity index (χ0) is 12.3. The van der Waals surface area contributed by atoms with Crippen LogP contribution in [0.2, 0.25) is 0 Å². The molecular formula is C13H22N2O2. The molecule has 1 saturated carbocycles. The number of nitrogens with one attached hydrogen (secondary N) is 1. The zero-order valence-electron chi connectivity index (χ0n) is 10.6. The van der Waals surface area contributed by atoms with Gasteiger partial charge in [0.1, 0.15) is 6.04 Å². The predicted molar refractivity (Wildman–Crippen MR) is 65.4 cm³/mol. The van der Waals surface area contributed by atoms with Crippen LogP contribution in [0.5, 0.6) is 0 Å². The van der Waals surface area contributed by atoms with Gasteiger partial charge in [-0.2, -0.15) is 0 Å². The molecular weight excluding hydrogens is 216 g/mol. The second kappa shape index (κ2) is 5.52. The number of rotatable bonds is 4. The molecule has 1 aliphatic carbocycles. The van der Waals surface area contributed by atoms with Gasteiger partial charge in [0.15, 0.2) is 0 Å². The Morgan fingerprint density at radius 2 is 2.00 bits per heavy atom. The maximum Gasteiger partial charge on any atom is 0.243 e. The van der Waals surface area contributed by atoms with Crippen LogP contribution in [0.1, 0.15) is 45.4 Å². The van der Waals surface area contributed by atoms with Crippen LogP contribution in [-0.4, -0.2) is 35.8 Å². The molecule has 0 aromatic heterocycles. The maximum absolute atomic E-state index is 11.8. The van der Waals surface area contributed by atoms with Crippen LogP contribution >= 0.6 is 0 Å². The van der Waals surface area contributed by atoms with Crippen LogP contribution in [0.4, 0.5) is 0 Å². The minimum absolute atomic E-state index is 0.0125. The summed E-state index contributed by atoms with van der Waals surface area (Å²) in [4.78, 5) is 25.3. The summed E-state index contributed by atoms with van der Waals surface area (Å²) in [6, 6.07) is -0.238. The smallest absolute Gasteiger partial charge is 0.243 e. The molecule has 0 radical (unpaired) electrons. The molecule has 1 heterocycles. The number of nitrogens with zero attached hydrogens (tertiary/aromatic N) is 1. The lowest BCUT2D eigenvalue weighted by Gasteiger charge is -2.35. The van der Waals surface area contributed by atoms with Crippen molar-refractivity contribution in [2.24, 2.45) is 5.92 Å². The average Bonchev–Trinajstić information content (AvgIpc) is 2.83. The second-order valence-corrected chi connectivity index (χ2v) is 5.17. The highest BCUT2D eigenvalue weighted by Gasteiger charge is 2.33. The molecule has 1 unspecified atom stereocenters. The minimum atomic E-state index is -0.238. The van der Waals surface area contributed by atoms with Crippen LogP contribution < -0.4 is 5.32 Å². The lowest BCUT2D eigenvalue weighted by Crippen LogP contribution is -2.58. The van der Waals surface area contributed by atoms with Crippen LogP contribution in [0, 0.1) is 5.92 Å². The van der Waals surface area contributed by atoms with E-state index >= 15 is 0 Å². The number of amides is 2. The van der Waals surface area contributed by atoms with E-state index in [0.29, 0.717) is 6.42 Å². The summed E-state index contributed by atoms with van der Waals surface area (Å²) in [5.41, 5.74) is 0. The van der Waals surface area contributed by atoms with Crippen molar-refractivity contribution < 1.29 is 9.59 Å². The number of piperazine rings is 1. The first kappa shape index (κ1) is 12.4. The fraction of sp³-hybridized carbons (Fsp3) is 0.846. The van der Waals surface area contributed by atoms with Crippen molar-refractivity contribution in [2.75, 3.05) is 13.1 Å². The number of hydrogen-bond donors (Lipinski definition) is 1. The summed E-state index contributed by atoms with van der Waals surface area (Å²) in [6.45, 7) is 2.90. The monoisotopic (exact) mass is 238 g/mol. The van der Waals surface area contributed by atoms with Gasteiger partial charge >= 0.3 is 0 Å². The van der Waals surface area contributed by atoms with Crippen LogP contribution in [0.15, 0.2) is 0 Å². The van der Waals surface area contributed by atoms with Crippen LogP contribution in [0.3, 0.4) is 0 Å². The predicted octanol–water partition coefficient (Wildman–Crippen LogP) is 1.30. The summed E-state index contributed by atoms with van der Waals surface area (Å²) >= 11 is 0. The molecule has 4 nitrogen and oxygen atoms in total. The number of carbonyl (C=O) groups is 2. The van der Waals surface area contributed by atoms with Crippen molar-refractivity contribution in [1.29, 1.82) is 0 Å². The molecule has 0 aromatic rings. The van der Waals surface area contributed by atoms with Gasteiger partial charge in [0.25, 0.3) is 0 Å². The number of carbonyl (C=O) groups excluding carboxylic acids is 2. The Balaban J connectivity index is 1.90. The van der Waals surface area contributed by atoms with E-state index in [2.05, 4.69) is 5.32 Å². The quantitative estimate of drug-likeness (QED) is 0.802. The Hall–Kier alpha value is -1.06. The van der Waals surface area contributed by atoms with E-state index in [1.54, 1.807) is 4.90 Å². The van der Waals surface area contributed by atoms with Crippen molar-refractivity contribution in [3.63, 3.8) is 0 Å². The molecule has 1 atom stereocenters. The van der Waals surface area contributed by atoms with Gasteiger partial charge in [0.05, 0.1) is 6.54 Å². The van der Waals surface area contributed by atoms with E-state index in [0.717, 1.165) is 18.9 Å². The third kappa shape index (κ3) is 2.79. The Labute approximate surface area is 103 Å². The topological polar surface area (TPSA) is 49.4 Å². The molecule has 2 fully saturated rings. The van der Waals surface area contributed by atoms with Gasteiger partial charge < -0.3 is 10.2 Å². The van der Waals surface area contributed by atoms with Crippen molar-refractivity contribution in [2.45, 2.75) is 51.5 Å².